The first-order valence-corrected chi connectivity index (χ1v) is 13.2. The lowest BCUT2D eigenvalue weighted by atomic mass is 9.80. The normalized spacial score (nSPS) is 13.9. The minimum Gasteiger partial charge on any atom is -0.512 e. The standard InChI is InChI=1S/C22H36FN3O2S.C5H10O2/c1-5-8-20(27)22(3,6-2)12-7-14-26-29-19-9-10-21(25-16-19)28-17-18(11-13-23)15-24-4;1-5(2,3)7-4-6/h8-11,16,24,26-27H,5-7,12-15,17H2,1-4H3;4H,1-3H3/b18-11-,20-8-;. The van der Waals surface area contributed by atoms with Gasteiger partial charge in [-0.2, -0.15) is 0 Å². The Hall–Kier alpha value is -2.10. The number of nitrogens with zero attached hydrogens (tertiary/aromatic N) is 1. The Morgan fingerprint density at radius 1 is 1.22 bits per heavy atom. The van der Waals surface area contributed by atoms with E-state index in [9.17, 15) is 14.3 Å². The molecule has 0 aliphatic heterocycles. The Morgan fingerprint density at radius 2 is 1.94 bits per heavy atom. The second kappa shape index (κ2) is 19.1. The summed E-state index contributed by atoms with van der Waals surface area (Å²) in [6, 6.07) is 3.76. The number of aliphatic hydroxyl groups excluding tert-OH is 1. The molecule has 0 amide bonds. The topological polar surface area (TPSA) is 92.7 Å². The van der Waals surface area contributed by atoms with Gasteiger partial charge in [0.25, 0.3) is 6.47 Å². The molecule has 36 heavy (non-hydrogen) atoms. The molecule has 1 heterocycles. The van der Waals surface area contributed by atoms with Crippen LogP contribution in [0, 0.1) is 5.41 Å². The number of hydrogen-bond acceptors (Lipinski definition) is 8. The van der Waals surface area contributed by atoms with Crippen LogP contribution in [0.2, 0.25) is 0 Å². The molecule has 0 aliphatic rings. The number of nitrogens with one attached hydrogen (secondary N) is 2. The van der Waals surface area contributed by atoms with Crippen LogP contribution in [-0.2, 0) is 9.53 Å². The van der Waals surface area contributed by atoms with Gasteiger partial charge in [0, 0.05) is 35.7 Å². The average molecular weight is 528 g/mol. The van der Waals surface area contributed by atoms with E-state index >= 15 is 0 Å². The third kappa shape index (κ3) is 15.8. The highest BCUT2D eigenvalue weighted by Crippen LogP contribution is 2.34. The molecule has 0 aromatic carbocycles. The predicted octanol–water partition coefficient (Wildman–Crippen LogP) is 6.18. The van der Waals surface area contributed by atoms with Crippen molar-refractivity contribution in [2.24, 2.45) is 5.41 Å². The number of halogens is 1. The van der Waals surface area contributed by atoms with Gasteiger partial charge >= 0.3 is 0 Å². The van der Waals surface area contributed by atoms with Crippen molar-refractivity contribution in [3.63, 3.8) is 0 Å². The highest BCUT2D eigenvalue weighted by Gasteiger charge is 2.26. The van der Waals surface area contributed by atoms with Crippen LogP contribution in [0.4, 0.5) is 4.39 Å². The molecule has 1 atom stereocenters. The van der Waals surface area contributed by atoms with E-state index < -0.39 is 6.67 Å². The number of likely N-dealkylation sites (N-methyl/N-ethyl adjacent to an activating group) is 1. The molecule has 0 radical (unpaired) electrons. The van der Waals surface area contributed by atoms with Crippen molar-refractivity contribution >= 4 is 18.4 Å². The maximum absolute atomic E-state index is 12.5. The zero-order chi connectivity index (χ0) is 27.5. The van der Waals surface area contributed by atoms with Gasteiger partial charge in [-0.1, -0.05) is 20.8 Å². The number of aliphatic hydroxyl groups is 1. The number of carbonyl (C=O) groups is 1. The van der Waals surface area contributed by atoms with E-state index in [1.165, 1.54) is 18.0 Å². The molecule has 1 rings (SSSR count). The maximum atomic E-state index is 12.5. The van der Waals surface area contributed by atoms with Crippen LogP contribution in [0.1, 0.15) is 67.2 Å². The van der Waals surface area contributed by atoms with E-state index in [4.69, 9.17) is 4.74 Å². The minimum atomic E-state index is -0.499. The maximum Gasteiger partial charge on any atom is 0.293 e. The summed E-state index contributed by atoms with van der Waals surface area (Å²) in [5.74, 6) is 1.03. The van der Waals surface area contributed by atoms with Crippen LogP contribution in [0.3, 0.4) is 0 Å². The fourth-order valence-electron chi connectivity index (χ4n) is 2.95. The zero-order valence-corrected chi connectivity index (χ0v) is 23.8. The van der Waals surface area contributed by atoms with Crippen LogP contribution in [0.25, 0.3) is 0 Å². The van der Waals surface area contributed by atoms with E-state index in [-0.39, 0.29) is 11.0 Å². The molecule has 1 unspecified atom stereocenters. The van der Waals surface area contributed by atoms with Crippen LogP contribution in [-0.4, -0.2) is 55.6 Å². The summed E-state index contributed by atoms with van der Waals surface area (Å²) < 4.78 is 26.0. The number of hydrogen-bond donors (Lipinski definition) is 3. The van der Waals surface area contributed by atoms with Gasteiger partial charge in [0.15, 0.2) is 0 Å². The number of ether oxygens (including phenoxy) is 2. The SMILES string of the molecule is CC(C)(C)OC=O.CC/C=C(\O)C(C)(CC)CCCNSc1ccc(OC/C(=C\CF)CNC)nc1. The Balaban J connectivity index is 0.00000152. The van der Waals surface area contributed by atoms with Crippen molar-refractivity contribution in [3.05, 3.63) is 41.8 Å². The number of allylic oxidation sites excluding steroid dienone is 3. The van der Waals surface area contributed by atoms with Crippen LogP contribution >= 0.6 is 11.9 Å². The first-order chi connectivity index (χ1) is 17.0. The summed E-state index contributed by atoms with van der Waals surface area (Å²) in [6.07, 6.45) is 8.88. The summed E-state index contributed by atoms with van der Waals surface area (Å²) in [5.41, 5.74) is 0.392. The summed E-state index contributed by atoms with van der Waals surface area (Å²) in [5, 5.41) is 13.2. The Kier molecular flexibility index (Phi) is 18.0. The fourth-order valence-corrected chi connectivity index (χ4v) is 3.61. The van der Waals surface area contributed by atoms with E-state index in [1.54, 1.807) is 6.20 Å². The molecule has 0 aliphatic carbocycles. The molecule has 1 aromatic rings. The van der Waals surface area contributed by atoms with Gasteiger partial charge in [-0.05, 0) is 89.2 Å². The quantitative estimate of drug-likeness (QED) is 0.0772. The molecule has 0 spiro atoms. The van der Waals surface area contributed by atoms with E-state index in [2.05, 4.69) is 33.6 Å². The molecule has 0 saturated heterocycles. The predicted molar refractivity (Wildman–Crippen MR) is 147 cm³/mol. The first kappa shape index (κ1) is 33.9. The molecular weight excluding hydrogens is 481 g/mol. The molecular formula is C27H46FN3O4S. The van der Waals surface area contributed by atoms with Crippen molar-refractivity contribution in [1.29, 1.82) is 0 Å². The largest absolute Gasteiger partial charge is 0.512 e. The third-order valence-corrected chi connectivity index (χ3v) is 6.11. The smallest absolute Gasteiger partial charge is 0.293 e. The van der Waals surface area contributed by atoms with Crippen LogP contribution in [0.5, 0.6) is 5.88 Å². The molecule has 0 saturated carbocycles. The fraction of sp³-hybridized carbons (Fsp3) is 0.630. The van der Waals surface area contributed by atoms with Gasteiger partial charge in [0.2, 0.25) is 5.88 Å². The van der Waals surface area contributed by atoms with Gasteiger partial charge in [0.05, 0.1) is 5.76 Å². The Labute approximate surface area is 221 Å². The minimum absolute atomic E-state index is 0.147. The molecule has 3 N–H and O–H groups in total. The van der Waals surface area contributed by atoms with Crippen molar-refractivity contribution in [3.8, 4) is 5.88 Å². The molecule has 0 fully saturated rings. The van der Waals surface area contributed by atoms with E-state index in [0.717, 1.165) is 42.7 Å². The second-order valence-electron chi connectivity index (χ2n) is 9.51. The molecule has 206 valence electrons. The monoisotopic (exact) mass is 527 g/mol. The van der Waals surface area contributed by atoms with Gasteiger partial charge in [-0.25, -0.2) is 9.37 Å². The summed E-state index contributed by atoms with van der Waals surface area (Å²) in [7, 11) is 1.82. The summed E-state index contributed by atoms with van der Waals surface area (Å²) in [6.45, 7) is 13.5. The molecule has 7 nitrogen and oxygen atoms in total. The van der Waals surface area contributed by atoms with Gasteiger partial charge in [0.1, 0.15) is 18.9 Å². The number of carbonyl (C=O) groups excluding carboxylic acids is 1. The molecule has 0 bridgehead atoms. The number of pyridine rings is 1. The molecule has 9 heteroatoms. The highest BCUT2D eigenvalue weighted by molar-refractivity contribution is 7.97. The number of aromatic nitrogens is 1. The van der Waals surface area contributed by atoms with E-state index in [0.29, 0.717) is 31.3 Å². The Bertz CT molecular complexity index is 782. The highest BCUT2D eigenvalue weighted by atomic mass is 32.2. The number of alkyl halides is 1. The van der Waals surface area contributed by atoms with Crippen molar-refractivity contribution in [1.82, 2.24) is 15.0 Å². The summed E-state index contributed by atoms with van der Waals surface area (Å²) in [4.78, 5) is 14.9. The lowest BCUT2D eigenvalue weighted by Gasteiger charge is -2.27. The Morgan fingerprint density at radius 3 is 2.42 bits per heavy atom. The van der Waals surface area contributed by atoms with Gasteiger partial charge in [-0.3, -0.25) is 9.52 Å². The van der Waals surface area contributed by atoms with Crippen molar-refractivity contribution in [2.45, 2.75) is 77.7 Å². The van der Waals surface area contributed by atoms with E-state index in [1.807, 2.05) is 53.0 Å². The summed E-state index contributed by atoms with van der Waals surface area (Å²) >= 11 is 1.53. The molecule has 1 aromatic heterocycles. The lowest BCUT2D eigenvalue weighted by Crippen LogP contribution is -2.20. The third-order valence-electron chi connectivity index (χ3n) is 5.28. The first-order valence-electron chi connectivity index (χ1n) is 12.4. The lowest BCUT2D eigenvalue weighted by molar-refractivity contribution is -0.138. The second-order valence-corrected chi connectivity index (χ2v) is 10.5. The van der Waals surface area contributed by atoms with Gasteiger partial charge in [-0.15, -0.1) is 0 Å². The number of rotatable bonds is 16. The average Bonchev–Trinajstić information content (AvgIpc) is 2.83. The zero-order valence-electron chi connectivity index (χ0n) is 23.0. The van der Waals surface area contributed by atoms with Crippen molar-refractivity contribution < 1.29 is 23.8 Å². The van der Waals surface area contributed by atoms with Crippen LogP contribution < -0.4 is 14.8 Å². The van der Waals surface area contributed by atoms with Crippen molar-refractivity contribution in [2.75, 3.05) is 33.4 Å². The van der Waals surface area contributed by atoms with Crippen LogP contribution in [0.15, 0.2) is 46.7 Å². The van der Waals surface area contributed by atoms with Gasteiger partial charge < -0.3 is 19.9 Å².